The molecule has 1 aliphatic rings. The van der Waals surface area contributed by atoms with Crippen LogP contribution in [0.15, 0.2) is 36.6 Å². The number of aldehydes is 1. The molecule has 1 aromatic rings. The van der Waals surface area contributed by atoms with Gasteiger partial charge < -0.3 is 9.69 Å². The van der Waals surface area contributed by atoms with Crippen molar-refractivity contribution in [1.82, 2.24) is 4.90 Å². The van der Waals surface area contributed by atoms with Crippen LogP contribution in [0.3, 0.4) is 0 Å². The number of amides is 1. The highest BCUT2D eigenvalue weighted by Crippen LogP contribution is 2.31. The average molecular weight is 213 g/mol. The summed E-state index contributed by atoms with van der Waals surface area (Å²) in [5.41, 5.74) is 4.93. The van der Waals surface area contributed by atoms with Crippen LogP contribution in [0.2, 0.25) is 0 Å². The van der Waals surface area contributed by atoms with E-state index in [-0.39, 0.29) is 5.91 Å². The molecule has 0 unspecified atom stereocenters. The SMILES string of the molecule is C=C=C1c2ccccc2C(=O)N1CCC=O. The van der Waals surface area contributed by atoms with Crippen molar-refractivity contribution >= 4 is 17.9 Å². The standard InChI is InChI=1S/C13H11NO2/c1-2-12-10-6-3-4-7-11(10)13(16)14(12)8-5-9-15/h3-4,6-7,9H,1,5,8H2. The maximum absolute atomic E-state index is 12.0. The summed E-state index contributed by atoms with van der Waals surface area (Å²) in [6.45, 7) is 3.97. The summed E-state index contributed by atoms with van der Waals surface area (Å²) in [6.07, 6.45) is 1.13. The van der Waals surface area contributed by atoms with Crippen LogP contribution in [0.25, 0.3) is 5.70 Å². The lowest BCUT2D eigenvalue weighted by molar-refractivity contribution is -0.107. The van der Waals surface area contributed by atoms with Gasteiger partial charge in [0.15, 0.2) is 0 Å². The monoisotopic (exact) mass is 213 g/mol. The summed E-state index contributed by atoms with van der Waals surface area (Å²) in [6, 6.07) is 7.32. The minimum absolute atomic E-state index is 0.0800. The maximum atomic E-state index is 12.0. The Morgan fingerprint density at radius 3 is 2.62 bits per heavy atom. The molecule has 16 heavy (non-hydrogen) atoms. The van der Waals surface area contributed by atoms with E-state index in [0.717, 1.165) is 11.8 Å². The summed E-state index contributed by atoms with van der Waals surface area (Å²) in [5, 5.41) is 0. The Kier molecular flexibility index (Phi) is 2.71. The van der Waals surface area contributed by atoms with Gasteiger partial charge in [0.2, 0.25) is 0 Å². The van der Waals surface area contributed by atoms with Crippen LogP contribution in [0.4, 0.5) is 0 Å². The number of benzene rings is 1. The van der Waals surface area contributed by atoms with Crippen molar-refractivity contribution in [3.8, 4) is 0 Å². The molecule has 0 aliphatic carbocycles. The van der Waals surface area contributed by atoms with Gasteiger partial charge in [-0.15, -0.1) is 5.73 Å². The van der Waals surface area contributed by atoms with Crippen molar-refractivity contribution in [2.24, 2.45) is 0 Å². The van der Waals surface area contributed by atoms with Gasteiger partial charge in [-0.2, -0.15) is 0 Å². The van der Waals surface area contributed by atoms with E-state index in [1.807, 2.05) is 18.2 Å². The Morgan fingerprint density at radius 2 is 2.00 bits per heavy atom. The summed E-state index contributed by atoms with van der Waals surface area (Å²) in [7, 11) is 0. The largest absolute Gasteiger partial charge is 0.303 e. The van der Waals surface area contributed by atoms with Crippen LogP contribution >= 0.6 is 0 Å². The number of rotatable bonds is 3. The van der Waals surface area contributed by atoms with Crippen molar-refractivity contribution in [2.45, 2.75) is 6.42 Å². The van der Waals surface area contributed by atoms with E-state index < -0.39 is 0 Å². The maximum Gasteiger partial charge on any atom is 0.259 e. The number of carbonyl (C=O) groups is 2. The Labute approximate surface area is 93.7 Å². The first kappa shape index (κ1) is 10.4. The molecule has 2 rings (SSSR count). The van der Waals surface area contributed by atoms with Crippen molar-refractivity contribution in [3.63, 3.8) is 0 Å². The molecular weight excluding hydrogens is 202 g/mol. The van der Waals surface area contributed by atoms with Crippen LogP contribution in [-0.2, 0) is 4.79 Å². The van der Waals surface area contributed by atoms with Gasteiger partial charge in [0.1, 0.15) is 6.29 Å². The molecule has 3 heteroatoms. The fourth-order valence-corrected chi connectivity index (χ4v) is 1.85. The van der Waals surface area contributed by atoms with Crippen molar-refractivity contribution in [3.05, 3.63) is 47.7 Å². The Morgan fingerprint density at radius 1 is 1.31 bits per heavy atom. The molecule has 0 fully saturated rings. The van der Waals surface area contributed by atoms with E-state index in [0.29, 0.717) is 24.2 Å². The molecule has 0 radical (unpaired) electrons. The topological polar surface area (TPSA) is 37.4 Å². The molecule has 0 atom stereocenters. The molecule has 1 aliphatic heterocycles. The molecule has 80 valence electrons. The van der Waals surface area contributed by atoms with Gasteiger partial charge >= 0.3 is 0 Å². The minimum Gasteiger partial charge on any atom is -0.303 e. The van der Waals surface area contributed by atoms with Crippen LogP contribution < -0.4 is 0 Å². The lowest BCUT2D eigenvalue weighted by atomic mass is 10.1. The highest BCUT2D eigenvalue weighted by molar-refractivity contribution is 6.09. The fraction of sp³-hybridized carbons (Fsp3) is 0.154. The normalized spacial score (nSPS) is 13.6. The third-order valence-electron chi connectivity index (χ3n) is 2.57. The first-order valence-electron chi connectivity index (χ1n) is 5.04. The molecule has 3 nitrogen and oxygen atoms in total. The second-order valence-corrected chi connectivity index (χ2v) is 3.48. The fourth-order valence-electron chi connectivity index (χ4n) is 1.85. The summed E-state index contributed by atoms with van der Waals surface area (Å²) < 4.78 is 0. The molecule has 0 N–H and O–H groups in total. The van der Waals surface area contributed by atoms with E-state index >= 15 is 0 Å². The van der Waals surface area contributed by atoms with E-state index in [1.165, 1.54) is 0 Å². The minimum atomic E-state index is -0.0800. The molecule has 0 saturated carbocycles. The predicted molar refractivity (Wildman–Crippen MR) is 60.7 cm³/mol. The van der Waals surface area contributed by atoms with E-state index in [4.69, 9.17) is 0 Å². The quantitative estimate of drug-likeness (QED) is 0.567. The van der Waals surface area contributed by atoms with Gasteiger partial charge in [-0.25, -0.2) is 0 Å². The molecule has 1 heterocycles. The summed E-state index contributed by atoms with van der Waals surface area (Å²) in [4.78, 5) is 23.9. The molecular formula is C13H11NO2. The Bertz CT molecular complexity index is 498. The van der Waals surface area contributed by atoms with E-state index in [9.17, 15) is 9.59 Å². The number of fused-ring (bicyclic) bond motifs is 1. The van der Waals surface area contributed by atoms with Crippen molar-refractivity contribution < 1.29 is 9.59 Å². The van der Waals surface area contributed by atoms with Crippen LogP contribution in [0.1, 0.15) is 22.3 Å². The Hall–Kier alpha value is -2.12. The average Bonchev–Trinajstić information content (AvgIpc) is 2.60. The third-order valence-corrected chi connectivity index (χ3v) is 2.57. The van der Waals surface area contributed by atoms with Crippen LogP contribution in [0, 0.1) is 0 Å². The number of carbonyl (C=O) groups excluding carboxylic acids is 2. The number of nitrogens with zero attached hydrogens (tertiary/aromatic N) is 1. The second kappa shape index (κ2) is 4.17. The van der Waals surface area contributed by atoms with Gasteiger partial charge in [0.25, 0.3) is 5.91 Å². The first-order valence-corrected chi connectivity index (χ1v) is 5.04. The zero-order valence-corrected chi connectivity index (χ0v) is 8.77. The molecule has 0 bridgehead atoms. The number of hydrogen-bond acceptors (Lipinski definition) is 2. The Balaban J connectivity index is 2.44. The van der Waals surface area contributed by atoms with Gasteiger partial charge in [-0.05, 0) is 6.07 Å². The second-order valence-electron chi connectivity index (χ2n) is 3.48. The van der Waals surface area contributed by atoms with E-state index in [1.54, 1.807) is 11.0 Å². The first-order chi connectivity index (χ1) is 7.79. The van der Waals surface area contributed by atoms with Gasteiger partial charge in [0.05, 0.1) is 5.70 Å². The van der Waals surface area contributed by atoms with Crippen molar-refractivity contribution in [2.75, 3.05) is 6.54 Å². The molecule has 1 aromatic carbocycles. The number of hydrogen-bond donors (Lipinski definition) is 0. The zero-order valence-electron chi connectivity index (χ0n) is 8.77. The molecule has 0 spiro atoms. The third kappa shape index (κ3) is 1.47. The molecule has 0 aromatic heterocycles. The predicted octanol–water partition coefficient (Wildman–Crippen LogP) is 1.86. The smallest absolute Gasteiger partial charge is 0.259 e. The van der Waals surface area contributed by atoms with Crippen LogP contribution in [-0.4, -0.2) is 23.6 Å². The van der Waals surface area contributed by atoms with Gasteiger partial charge in [-0.3, -0.25) is 4.79 Å². The molecule has 1 amide bonds. The summed E-state index contributed by atoms with van der Waals surface area (Å²) in [5.74, 6) is -0.0800. The van der Waals surface area contributed by atoms with E-state index in [2.05, 4.69) is 12.3 Å². The van der Waals surface area contributed by atoms with Crippen LogP contribution in [0.5, 0.6) is 0 Å². The van der Waals surface area contributed by atoms with Gasteiger partial charge in [0, 0.05) is 24.1 Å². The lowest BCUT2D eigenvalue weighted by Crippen LogP contribution is -2.24. The lowest BCUT2D eigenvalue weighted by Gasteiger charge is -2.14. The highest BCUT2D eigenvalue weighted by Gasteiger charge is 2.30. The van der Waals surface area contributed by atoms with Crippen molar-refractivity contribution in [1.29, 1.82) is 0 Å². The zero-order chi connectivity index (χ0) is 11.5. The highest BCUT2D eigenvalue weighted by atomic mass is 16.2. The van der Waals surface area contributed by atoms with Gasteiger partial charge in [-0.1, -0.05) is 24.8 Å². The summed E-state index contributed by atoms with van der Waals surface area (Å²) >= 11 is 0. The molecule has 0 saturated heterocycles.